The highest BCUT2D eigenvalue weighted by Crippen LogP contribution is 1.98. The summed E-state index contributed by atoms with van der Waals surface area (Å²) < 4.78 is 0. The Bertz CT molecular complexity index is 118. The Balaban J connectivity index is 2.40. The molecule has 0 aromatic carbocycles. The number of terminal acetylenes is 1. The third-order valence-electron chi connectivity index (χ3n) is 0.455. The van der Waals surface area contributed by atoms with Crippen molar-refractivity contribution in [2.45, 2.75) is 0 Å². The molecule has 5 heavy (non-hydrogen) atoms. The fraction of sp³-hybridized carbons (Fsp3) is 0.200. The first-order valence-corrected chi connectivity index (χ1v) is 1.40. The predicted octanol–water partition coefficient (Wildman–Crippen LogP) is 0.253. The fourth-order valence-corrected chi connectivity index (χ4v) is 0.125. The molecule has 0 aliphatic heterocycles. The monoisotopic (exact) mass is 62.0 g/mol. The number of rotatable bonds is 0. The Morgan fingerprint density at radius 3 is 2.20 bits per heavy atom. The van der Waals surface area contributed by atoms with Gasteiger partial charge in [0.1, 0.15) is 5.92 Å². The van der Waals surface area contributed by atoms with Crippen LogP contribution in [0.5, 0.6) is 0 Å². The Hall–Kier alpha value is -0.880. The summed E-state index contributed by atoms with van der Waals surface area (Å²) in [6, 6.07) is 0. The highest BCUT2D eigenvalue weighted by Gasteiger charge is 2.00. The molecule has 0 saturated heterocycles. The van der Waals surface area contributed by atoms with Crippen LogP contribution < -0.4 is 0 Å². The van der Waals surface area contributed by atoms with Gasteiger partial charge in [-0.05, 0) is 0 Å². The summed E-state index contributed by atoms with van der Waals surface area (Å²) in [7, 11) is 0. The van der Waals surface area contributed by atoms with E-state index >= 15 is 0 Å². The van der Waals surface area contributed by atoms with Gasteiger partial charge in [-0.3, -0.25) is 0 Å². The lowest BCUT2D eigenvalue weighted by Crippen LogP contribution is -1.62. The maximum absolute atomic E-state index is 4.86. The van der Waals surface area contributed by atoms with Gasteiger partial charge in [-0.25, -0.2) is 0 Å². The smallest absolute Gasteiger partial charge is 0.118 e. The van der Waals surface area contributed by atoms with E-state index in [2.05, 4.69) is 17.8 Å². The highest BCUT2D eigenvalue weighted by molar-refractivity contribution is 5.39. The van der Waals surface area contributed by atoms with Gasteiger partial charge < -0.3 is 0 Å². The molecule has 0 heteroatoms. The molecule has 22 valence electrons. The van der Waals surface area contributed by atoms with Crippen LogP contribution in [0.3, 0.4) is 0 Å². The van der Waals surface area contributed by atoms with Crippen molar-refractivity contribution in [3.8, 4) is 24.2 Å². The van der Waals surface area contributed by atoms with Gasteiger partial charge in [0.05, 0.1) is 0 Å². The van der Waals surface area contributed by atoms with Crippen LogP contribution in [0.4, 0.5) is 0 Å². The van der Waals surface area contributed by atoms with Crippen molar-refractivity contribution in [1.82, 2.24) is 0 Å². The molecule has 0 nitrogen and oxygen atoms in total. The SMILES string of the molecule is C#CC1C#C1. The maximum Gasteiger partial charge on any atom is 0.141 e. The van der Waals surface area contributed by atoms with E-state index in [1.165, 1.54) is 0 Å². The minimum absolute atomic E-state index is 0.162. The van der Waals surface area contributed by atoms with Crippen molar-refractivity contribution < 1.29 is 0 Å². The molecule has 0 N–H and O–H groups in total. The second-order valence-corrected chi connectivity index (χ2v) is 0.888. The predicted molar refractivity (Wildman–Crippen MR) is 20.1 cm³/mol. The van der Waals surface area contributed by atoms with E-state index in [9.17, 15) is 0 Å². The standard InChI is InChI=1S/C5H2/c1-2-5-3-4-5/h1,5H. The molecule has 1 rings (SSSR count). The summed E-state index contributed by atoms with van der Waals surface area (Å²) in [5.41, 5.74) is 0. The fourth-order valence-electron chi connectivity index (χ4n) is 0.125. The lowest BCUT2D eigenvalue weighted by molar-refractivity contribution is 1.37. The minimum atomic E-state index is 0.162. The molecule has 0 fully saturated rings. The van der Waals surface area contributed by atoms with Gasteiger partial charge in [-0.1, -0.05) is 17.8 Å². The van der Waals surface area contributed by atoms with Gasteiger partial charge in [-0.15, -0.1) is 6.42 Å². The van der Waals surface area contributed by atoms with E-state index in [1.54, 1.807) is 0 Å². The number of hydrogen-bond donors (Lipinski definition) is 0. The van der Waals surface area contributed by atoms with Gasteiger partial charge >= 0.3 is 0 Å². The largest absolute Gasteiger partial charge is 0.141 e. The molecule has 0 radical (unpaired) electrons. The third kappa shape index (κ3) is 0.231. The van der Waals surface area contributed by atoms with Crippen molar-refractivity contribution in [1.29, 1.82) is 0 Å². The summed E-state index contributed by atoms with van der Waals surface area (Å²) in [5, 5.41) is 0. The Kier molecular flexibility index (Phi) is 0.253. The van der Waals surface area contributed by atoms with E-state index in [-0.39, 0.29) is 5.92 Å². The second-order valence-electron chi connectivity index (χ2n) is 0.888. The summed E-state index contributed by atoms with van der Waals surface area (Å²) in [6.07, 6.45) is 4.86. The molecule has 0 unspecified atom stereocenters. The second kappa shape index (κ2) is 0.535. The zero-order chi connectivity index (χ0) is 3.70. The van der Waals surface area contributed by atoms with Crippen LogP contribution >= 0.6 is 0 Å². The van der Waals surface area contributed by atoms with Gasteiger partial charge in [-0.2, -0.15) is 0 Å². The normalized spacial score (nSPS) is 15.0. The Morgan fingerprint density at radius 2 is 2.20 bits per heavy atom. The summed E-state index contributed by atoms with van der Waals surface area (Å²) in [6.45, 7) is 0. The Labute approximate surface area is 31.2 Å². The van der Waals surface area contributed by atoms with Crippen LogP contribution in [-0.2, 0) is 0 Å². The third-order valence-corrected chi connectivity index (χ3v) is 0.455. The molecule has 0 aromatic rings. The van der Waals surface area contributed by atoms with E-state index in [0.717, 1.165) is 0 Å². The summed E-state index contributed by atoms with van der Waals surface area (Å²) in [5.74, 6) is 7.97. The van der Waals surface area contributed by atoms with Crippen molar-refractivity contribution in [2.75, 3.05) is 0 Å². The van der Waals surface area contributed by atoms with Crippen LogP contribution in [0.25, 0.3) is 0 Å². The van der Waals surface area contributed by atoms with Crippen LogP contribution in [0.15, 0.2) is 0 Å². The first-order chi connectivity index (χ1) is 2.43. The lowest BCUT2D eigenvalue weighted by atomic mass is 10.4. The quantitative estimate of drug-likeness (QED) is 0.353. The van der Waals surface area contributed by atoms with Crippen LogP contribution in [0.1, 0.15) is 0 Å². The maximum atomic E-state index is 4.86. The zero-order valence-corrected chi connectivity index (χ0v) is 2.65. The molecule has 1 aliphatic carbocycles. The van der Waals surface area contributed by atoms with Gasteiger partial charge in [0.25, 0.3) is 0 Å². The summed E-state index contributed by atoms with van der Waals surface area (Å²) in [4.78, 5) is 0. The zero-order valence-electron chi connectivity index (χ0n) is 2.65. The molecular weight excluding hydrogens is 60.1 g/mol. The van der Waals surface area contributed by atoms with Gasteiger partial charge in [0, 0.05) is 0 Å². The van der Waals surface area contributed by atoms with E-state index < -0.39 is 0 Å². The van der Waals surface area contributed by atoms with Crippen molar-refractivity contribution in [3.05, 3.63) is 0 Å². The Morgan fingerprint density at radius 1 is 1.60 bits per heavy atom. The molecular formula is C5H2. The molecule has 0 spiro atoms. The molecule has 0 heterocycles. The molecule has 0 bridgehead atoms. The van der Waals surface area contributed by atoms with Gasteiger partial charge in [0.15, 0.2) is 0 Å². The highest BCUT2D eigenvalue weighted by atomic mass is 14.0. The van der Waals surface area contributed by atoms with Crippen molar-refractivity contribution in [2.24, 2.45) is 5.92 Å². The average Bonchev–Trinajstić information content (AvgIpc) is 2.12. The lowest BCUT2D eigenvalue weighted by Gasteiger charge is -1.59. The number of hydrogen-bond acceptors (Lipinski definition) is 0. The summed E-state index contributed by atoms with van der Waals surface area (Å²) >= 11 is 0. The molecule has 0 atom stereocenters. The van der Waals surface area contributed by atoms with E-state index in [0.29, 0.717) is 0 Å². The van der Waals surface area contributed by atoms with Crippen molar-refractivity contribution >= 4 is 0 Å². The van der Waals surface area contributed by atoms with Gasteiger partial charge in [0.2, 0.25) is 0 Å². The van der Waals surface area contributed by atoms with E-state index in [4.69, 9.17) is 6.42 Å². The molecule has 0 amide bonds. The van der Waals surface area contributed by atoms with E-state index in [1.807, 2.05) is 0 Å². The molecule has 0 aromatic heterocycles. The average molecular weight is 62.1 g/mol. The van der Waals surface area contributed by atoms with Crippen LogP contribution in [-0.4, -0.2) is 0 Å². The first kappa shape index (κ1) is 2.36. The molecule has 1 aliphatic rings. The van der Waals surface area contributed by atoms with Crippen LogP contribution in [0, 0.1) is 30.1 Å². The topological polar surface area (TPSA) is 0 Å². The van der Waals surface area contributed by atoms with Crippen LogP contribution in [0.2, 0.25) is 0 Å². The first-order valence-electron chi connectivity index (χ1n) is 1.40. The van der Waals surface area contributed by atoms with Crippen molar-refractivity contribution in [3.63, 3.8) is 0 Å². The minimum Gasteiger partial charge on any atom is -0.118 e. The molecule has 0 saturated carbocycles.